The molecular formula is C13H13N3O5. The van der Waals surface area contributed by atoms with Gasteiger partial charge in [0.25, 0.3) is 0 Å². The van der Waals surface area contributed by atoms with Crippen molar-refractivity contribution >= 4 is 28.2 Å². The first-order valence-corrected chi connectivity index (χ1v) is 6.15. The van der Waals surface area contributed by atoms with Crippen molar-refractivity contribution in [3.8, 4) is 0 Å². The van der Waals surface area contributed by atoms with Crippen LogP contribution in [0, 0.1) is 10.1 Å². The standard InChI is InChI=1S/C13H13N3O5/c17-12(18)8-21-7-6-15-11-4-3-10-9(2-1-5-14-10)13(11)16(19)20/h1-5,15H,6-8H2,(H,17,18). The zero-order valence-electron chi connectivity index (χ0n) is 11.0. The lowest BCUT2D eigenvalue weighted by atomic mass is 10.1. The predicted octanol–water partition coefficient (Wildman–Crippen LogP) is 1.66. The van der Waals surface area contributed by atoms with Crippen LogP contribution in [0.2, 0.25) is 0 Å². The highest BCUT2D eigenvalue weighted by atomic mass is 16.6. The van der Waals surface area contributed by atoms with Gasteiger partial charge >= 0.3 is 11.7 Å². The number of benzene rings is 1. The fraction of sp³-hybridized carbons (Fsp3) is 0.231. The van der Waals surface area contributed by atoms with Crippen LogP contribution in [0.3, 0.4) is 0 Å². The molecule has 0 bridgehead atoms. The van der Waals surface area contributed by atoms with E-state index in [9.17, 15) is 14.9 Å². The molecule has 0 radical (unpaired) electrons. The van der Waals surface area contributed by atoms with Crippen LogP contribution >= 0.6 is 0 Å². The van der Waals surface area contributed by atoms with Gasteiger partial charge in [0, 0.05) is 12.7 Å². The topological polar surface area (TPSA) is 115 Å². The maximum Gasteiger partial charge on any atom is 0.329 e. The number of carbonyl (C=O) groups is 1. The zero-order valence-corrected chi connectivity index (χ0v) is 11.0. The molecule has 0 saturated carbocycles. The van der Waals surface area contributed by atoms with Gasteiger partial charge in [0.05, 0.1) is 22.4 Å². The number of aliphatic carboxylic acids is 1. The minimum atomic E-state index is -1.06. The van der Waals surface area contributed by atoms with Crippen molar-refractivity contribution in [1.29, 1.82) is 0 Å². The van der Waals surface area contributed by atoms with E-state index >= 15 is 0 Å². The van der Waals surface area contributed by atoms with Crippen molar-refractivity contribution in [2.45, 2.75) is 0 Å². The second-order valence-electron chi connectivity index (χ2n) is 4.16. The summed E-state index contributed by atoms with van der Waals surface area (Å²) in [4.78, 5) is 25.1. The number of ether oxygens (including phenoxy) is 1. The number of carboxylic acids is 1. The van der Waals surface area contributed by atoms with E-state index in [4.69, 9.17) is 9.84 Å². The zero-order chi connectivity index (χ0) is 15.2. The van der Waals surface area contributed by atoms with Crippen LogP contribution in [0.1, 0.15) is 0 Å². The van der Waals surface area contributed by atoms with Crippen LogP contribution in [-0.2, 0) is 9.53 Å². The smallest absolute Gasteiger partial charge is 0.329 e. The molecule has 2 rings (SSSR count). The highest BCUT2D eigenvalue weighted by Crippen LogP contribution is 2.32. The molecule has 0 aliphatic heterocycles. The molecule has 2 aromatic rings. The second-order valence-corrected chi connectivity index (χ2v) is 4.16. The van der Waals surface area contributed by atoms with E-state index in [0.717, 1.165) is 0 Å². The Bertz CT molecular complexity index is 674. The molecule has 0 aliphatic rings. The van der Waals surface area contributed by atoms with Crippen LogP contribution in [0.15, 0.2) is 30.5 Å². The van der Waals surface area contributed by atoms with Crippen molar-refractivity contribution < 1.29 is 19.6 Å². The van der Waals surface area contributed by atoms with E-state index < -0.39 is 17.5 Å². The highest BCUT2D eigenvalue weighted by molar-refractivity contribution is 5.94. The minimum absolute atomic E-state index is 0.0566. The number of pyridine rings is 1. The third kappa shape index (κ3) is 3.63. The third-order valence-corrected chi connectivity index (χ3v) is 2.73. The van der Waals surface area contributed by atoms with Gasteiger partial charge in [0.2, 0.25) is 0 Å². The van der Waals surface area contributed by atoms with Crippen LogP contribution < -0.4 is 5.32 Å². The maximum absolute atomic E-state index is 11.2. The molecule has 0 aliphatic carbocycles. The van der Waals surface area contributed by atoms with E-state index in [1.54, 1.807) is 30.5 Å². The molecule has 21 heavy (non-hydrogen) atoms. The lowest BCUT2D eigenvalue weighted by Gasteiger charge is -2.08. The van der Waals surface area contributed by atoms with E-state index in [0.29, 0.717) is 16.6 Å². The number of rotatable bonds is 7. The largest absolute Gasteiger partial charge is 0.480 e. The summed E-state index contributed by atoms with van der Waals surface area (Å²) in [5.74, 6) is -1.06. The summed E-state index contributed by atoms with van der Waals surface area (Å²) >= 11 is 0. The first kappa shape index (κ1) is 14.7. The van der Waals surface area contributed by atoms with Gasteiger partial charge in [-0.15, -0.1) is 0 Å². The molecule has 2 N–H and O–H groups in total. The minimum Gasteiger partial charge on any atom is -0.480 e. The Morgan fingerprint density at radius 1 is 1.43 bits per heavy atom. The average Bonchev–Trinajstić information content (AvgIpc) is 2.45. The monoisotopic (exact) mass is 291 g/mol. The summed E-state index contributed by atoms with van der Waals surface area (Å²) in [6.45, 7) is -0.000165. The quantitative estimate of drug-likeness (QED) is 0.453. The Labute approximate surface area is 119 Å². The van der Waals surface area contributed by atoms with Crippen LogP contribution in [0.5, 0.6) is 0 Å². The number of fused-ring (bicyclic) bond motifs is 1. The predicted molar refractivity (Wildman–Crippen MR) is 75.3 cm³/mol. The van der Waals surface area contributed by atoms with Gasteiger partial charge in [-0.3, -0.25) is 15.1 Å². The molecule has 0 unspecified atom stereocenters. The number of nitrogens with zero attached hydrogens (tertiary/aromatic N) is 2. The lowest BCUT2D eigenvalue weighted by Crippen LogP contribution is -2.14. The summed E-state index contributed by atoms with van der Waals surface area (Å²) in [7, 11) is 0. The van der Waals surface area contributed by atoms with Gasteiger partial charge in [0.1, 0.15) is 12.3 Å². The summed E-state index contributed by atoms with van der Waals surface area (Å²) in [5.41, 5.74) is 0.829. The molecule has 0 atom stereocenters. The third-order valence-electron chi connectivity index (χ3n) is 2.73. The maximum atomic E-state index is 11.2. The number of nitro benzene ring substituents is 1. The van der Waals surface area contributed by atoms with Crippen LogP contribution in [0.25, 0.3) is 10.9 Å². The molecule has 0 saturated heterocycles. The number of hydrogen-bond acceptors (Lipinski definition) is 6. The number of nitrogens with one attached hydrogen (secondary N) is 1. The Kier molecular flexibility index (Phi) is 4.62. The van der Waals surface area contributed by atoms with Crippen molar-refractivity contribution in [2.75, 3.05) is 25.1 Å². The Hall–Kier alpha value is -2.74. The molecule has 0 fully saturated rings. The van der Waals surface area contributed by atoms with Crippen molar-refractivity contribution in [1.82, 2.24) is 4.98 Å². The summed E-state index contributed by atoms with van der Waals surface area (Å²) in [6, 6.07) is 6.52. The Balaban J connectivity index is 2.14. The summed E-state index contributed by atoms with van der Waals surface area (Å²) in [6.07, 6.45) is 1.57. The fourth-order valence-corrected chi connectivity index (χ4v) is 1.89. The van der Waals surface area contributed by atoms with Crippen LogP contribution in [-0.4, -0.2) is 40.7 Å². The highest BCUT2D eigenvalue weighted by Gasteiger charge is 2.18. The van der Waals surface area contributed by atoms with Gasteiger partial charge in [-0.2, -0.15) is 0 Å². The number of anilines is 1. The summed E-state index contributed by atoms with van der Waals surface area (Å²) < 4.78 is 4.86. The summed E-state index contributed by atoms with van der Waals surface area (Å²) in [5, 5.41) is 23.0. The van der Waals surface area contributed by atoms with Gasteiger partial charge in [-0.05, 0) is 24.3 Å². The molecule has 110 valence electrons. The molecule has 8 nitrogen and oxygen atoms in total. The lowest BCUT2D eigenvalue weighted by molar-refractivity contribution is -0.382. The molecule has 0 spiro atoms. The van der Waals surface area contributed by atoms with Crippen molar-refractivity contribution in [3.63, 3.8) is 0 Å². The van der Waals surface area contributed by atoms with E-state index in [1.165, 1.54) is 0 Å². The number of hydrogen-bond donors (Lipinski definition) is 2. The van der Waals surface area contributed by atoms with E-state index in [-0.39, 0.29) is 18.8 Å². The molecular weight excluding hydrogens is 278 g/mol. The fourth-order valence-electron chi connectivity index (χ4n) is 1.89. The first-order valence-electron chi connectivity index (χ1n) is 6.15. The molecule has 1 aromatic carbocycles. The van der Waals surface area contributed by atoms with Crippen molar-refractivity contribution in [3.05, 3.63) is 40.6 Å². The first-order chi connectivity index (χ1) is 10.1. The molecule has 8 heteroatoms. The number of aromatic nitrogens is 1. The molecule has 1 aromatic heterocycles. The normalized spacial score (nSPS) is 10.5. The second kappa shape index (κ2) is 6.62. The van der Waals surface area contributed by atoms with Gasteiger partial charge in [0.15, 0.2) is 0 Å². The number of carboxylic acid groups (broad SMARTS) is 1. The molecule has 1 heterocycles. The van der Waals surface area contributed by atoms with Crippen LogP contribution in [0.4, 0.5) is 11.4 Å². The van der Waals surface area contributed by atoms with E-state index in [1.807, 2.05) is 0 Å². The Morgan fingerprint density at radius 2 is 2.24 bits per heavy atom. The van der Waals surface area contributed by atoms with Crippen molar-refractivity contribution in [2.24, 2.45) is 0 Å². The Morgan fingerprint density at radius 3 is 2.95 bits per heavy atom. The molecule has 0 amide bonds. The van der Waals surface area contributed by atoms with Gasteiger partial charge in [-0.25, -0.2) is 4.79 Å². The van der Waals surface area contributed by atoms with Gasteiger partial charge in [-0.1, -0.05) is 0 Å². The number of nitro groups is 1. The van der Waals surface area contributed by atoms with Gasteiger partial charge < -0.3 is 15.2 Å². The SMILES string of the molecule is O=C(O)COCCNc1ccc2ncccc2c1[N+](=O)[O-]. The van der Waals surface area contributed by atoms with E-state index in [2.05, 4.69) is 10.3 Å². The average molecular weight is 291 g/mol.